The molecule has 1 aromatic heterocycles. The third kappa shape index (κ3) is 1.37. The van der Waals surface area contributed by atoms with E-state index in [-0.39, 0.29) is 0 Å². The first-order valence-electron chi connectivity index (χ1n) is 4.22. The summed E-state index contributed by atoms with van der Waals surface area (Å²) >= 11 is 0. The molecule has 1 radical (unpaired) electrons. The average molecular weight is 188 g/mol. The number of fused-ring (bicyclic) bond motifs is 1. The molecule has 3 heteroatoms. The molecule has 0 fully saturated rings. The van der Waals surface area contributed by atoms with Crippen LogP contribution in [0.1, 0.15) is 0 Å². The molecule has 1 heterocycles. The van der Waals surface area contributed by atoms with Crippen LogP contribution in [-0.2, 0) is 0 Å². The second-order valence-electron chi connectivity index (χ2n) is 2.85. The maximum absolute atomic E-state index is 5.18. The third-order valence-corrected chi connectivity index (χ3v) is 2.06. The third-order valence-electron chi connectivity index (χ3n) is 2.06. The lowest BCUT2D eigenvalue weighted by Crippen LogP contribution is -1.90. The topological polar surface area (TPSA) is 31.4 Å². The summed E-state index contributed by atoms with van der Waals surface area (Å²) < 4.78 is 10.4. The SMILES string of the molecule is COc1cc2[c]cncc2cc1OC. The minimum absolute atomic E-state index is 0.710. The highest BCUT2D eigenvalue weighted by Crippen LogP contribution is 2.31. The molecule has 0 saturated carbocycles. The van der Waals surface area contributed by atoms with Crippen LogP contribution in [0.5, 0.6) is 11.5 Å². The second-order valence-corrected chi connectivity index (χ2v) is 2.85. The number of pyridine rings is 1. The van der Waals surface area contributed by atoms with E-state index in [2.05, 4.69) is 11.1 Å². The smallest absolute Gasteiger partial charge is 0.161 e. The Kier molecular flexibility index (Phi) is 2.23. The Morgan fingerprint density at radius 3 is 2.57 bits per heavy atom. The van der Waals surface area contributed by atoms with Crippen molar-refractivity contribution in [2.45, 2.75) is 0 Å². The predicted octanol–water partition coefficient (Wildman–Crippen LogP) is 2.05. The summed E-state index contributed by atoms with van der Waals surface area (Å²) in [6, 6.07) is 6.80. The van der Waals surface area contributed by atoms with Gasteiger partial charge in [-0.15, -0.1) is 0 Å². The highest BCUT2D eigenvalue weighted by molar-refractivity contribution is 5.84. The molecule has 1 aromatic carbocycles. The zero-order valence-corrected chi connectivity index (χ0v) is 8.07. The van der Waals surface area contributed by atoms with Gasteiger partial charge in [-0.25, -0.2) is 0 Å². The summed E-state index contributed by atoms with van der Waals surface area (Å²) in [6.07, 6.45) is 3.40. The summed E-state index contributed by atoms with van der Waals surface area (Å²) in [5.41, 5.74) is 0. The largest absolute Gasteiger partial charge is 0.493 e. The Hall–Kier alpha value is -1.77. The Balaban J connectivity index is 2.69. The molecule has 0 unspecified atom stereocenters. The number of hydrogen-bond donors (Lipinski definition) is 0. The van der Waals surface area contributed by atoms with E-state index in [1.165, 1.54) is 0 Å². The quantitative estimate of drug-likeness (QED) is 0.722. The van der Waals surface area contributed by atoms with Crippen molar-refractivity contribution >= 4 is 10.8 Å². The van der Waals surface area contributed by atoms with Gasteiger partial charge in [0.1, 0.15) is 0 Å². The van der Waals surface area contributed by atoms with Crippen molar-refractivity contribution in [3.63, 3.8) is 0 Å². The van der Waals surface area contributed by atoms with Gasteiger partial charge < -0.3 is 9.47 Å². The van der Waals surface area contributed by atoms with Crippen molar-refractivity contribution in [1.82, 2.24) is 4.98 Å². The van der Waals surface area contributed by atoms with Crippen LogP contribution in [-0.4, -0.2) is 19.2 Å². The van der Waals surface area contributed by atoms with Gasteiger partial charge in [0.25, 0.3) is 0 Å². The monoisotopic (exact) mass is 188 g/mol. The lowest BCUT2D eigenvalue weighted by Gasteiger charge is -2.08. The molecule has 0 N–H and O–H groups in total. The summed E-state index contributed by atoms with van der Waals surface area (Å²) in [5.74, 6) is 1.42. The number of rotatable bonds is 2. The van der Waals surface area contributed by atoms with Gasteiger partial charge >= 0.3 is 0 Å². The lowest BCUT2D eigenvalue weighted by molar-refractivity contribution is 0.356. The van der Waals surface area contributed by atoms with Crippen molar-refractivity contribution < 1.29 is 9.47 Å². The van der Waals surface area contributed by atoms with Crippen LogP contribution in [0.25, 0.3) is 10.8 Å². The van der Waals surface area contributed by atoms with E-state index in [1.54, 1.807) is 26.6 Å². The molecule has 0 saturated heterocycles. The van der Waals surface area contributed by atoms with Gasteiger partial charge in [-0.05, 0) is 17.5 Å². The number of ether oxygens (including phenoxy) is 2. The van der Waals surface area contributed by atoms with Crippen molar-refractivity contribution in [3.05, 3.63) is 30.6 Å². The van der Waals surface area contributed by atoms with Gasteiger partial charge in [0.2, 0.25) is 0 Å². The Bertz CT molecular complexity index is 411. The van der Waals surface area contributed by atoms with Gasteiger partial charge in [-0.1, -0.05) is 0 Å². The molecule has 0 aliphatic heterocycles. The van der Waals surface area contributed by atoms with Gasteiger partial charge in [0, 0.05) is 23.8 Å². The predicted molar refractivity (Wildman–Crippen MR) is 53.7 cm³/mol. The molecule has 0 aliphatic rings. The van der Waals surface area contributed by atoms with Crippen LogP contribution in [0.4, 0.5) is 0 Å². The fraction of sp³-hybridized carbons (Fsp3) is 0.182. The van der Waals surface area contributed by atoms with Crippen LogP contribution in [0.2, 0.25) is 0 Å². The van der Waals surface area contributed by atoms with Gasteiger partial charge in [-0.3, -0.25) is 4.98 Å². The lowest BCUT2D eigenvalue weighted by atomic mass is 10.1. The summed E-state index contributed by atoms with van der Waals surface area (Å²) in [5, 5.41) is 1.96. The zero-order valence-electron chi connectivity index (χ0n) is 8.07. The summed E-state index contributed by atoms with van der Waals surface area (Å²) in [4.78, 5) is 3.99. The number of aromatic nitrogens is 1. The number of methoxy groups -OCH3 is 2. The van der Waals surface area contributed by atoms with E-state index in [4.69, 9.17) is 9.47 Å². The maximum Gasteiger partial charge on any atom is 0.161 e. The molecule has 0 amide bonds. The van der Waals surface area contributed by atoms with E-state index >= 15 is 0 Å². The number of nitrogens with zero attached hydrogens (tertiary/aromatic N) is 1. The van der Waals surface area contributed by atoms with Crippen molar-refractivity contribution in [1.29, 1.82) is 0 Å². The zero-order chi connectivity index (χ0) is 9.97. The molecule has 2 aromatic rings. The fourth-order valence-corrected chi connectivity index (χ4v) is 1.35. The Labute approximate surface area is 82.3 Å². The molecular formula is C11H10NO2. The Morgan fingerprint density at radius 1 is 1.14 bits per heavy atom. The number of hydrogen-bond acceptors (Lipinski definition) is 3. The molecule has 0 aliphatic carbocycles. The molecule has 0 bridgehead atoms. The minimum atomic E-state index is 0.710. The van der Waals surface area contributed by atoms with E-state index in [9.17, 15) is 0 Å². The van der Waals surface area contributed by atoms with Gasteiger partial charge in [0.15, 0.2) is 11.5 Å². The van der Waals surface area contributed by atoms with E-state index < -0.39 is 0 Å². The second kappa shape index (κ2) is 3.54. The van der Waals surface area contributed by atoms with Crippen molar-refractivity contribution in [2.24, 2.45) is 0 Å². The van der Waals surface area contributed by atoms with E-state index in [0.29, 0.717) is 11.5 Å². The maximum atomic E-state index is 5.18. The molecule has 3 nitrogen and oxygen atoms in total. The van der Waals surface area contributed by atoms with Crippen LogP contribution >= 0.6 is 0 Å². The van der Waals surface area contributed by atoms with Crippen LogP contribution < -0.4 is 9.47 Å². The first-order valence-corrected chi connectivity index (χ1v) is 4.22. The Morgan fingerprint density at radius 2 is 1.86 bits per heavy atom. The van der Waals surface area contributed by atoms with Crippen LogP contribution in [0.3, 0.4) is 0 Å². The first-order chi connectivity index (χ1) is 6.85. The normalized spacial score (nSPS) is 10.1. The van der Waals surface area contributed by atoms with Crippen molar-refractivity contribution in [3.8, 4) is 11.5 Å². The van der Waals surface area contributed by atoms with E-state index in [0.717, 1.165) is 10.8 Å². The van der Waals surface area contributed by atoms with Crippen LogP contribution in [0.15, 0.2) is 24.5 Å². The van der Waals surface area contributed by atoms with Crippen LogP contribution in [0, 0.1) is 6.07 Å². The molecule has 2 rings (SSSR count). The molecular weight excluding hydrogens is 178 g/mol. The summed E-state index contributed by atoms with van der Waals surface area (Å²) in [7, 11) is 3.23. The average Bonchev–Trinajstić information content (AvgIpc) is 2.27. The number of benzene rings is 1. The van der Waals surface area contributed by atoms with Gasteiger partial charge in [-0.2, -0.15) is 0 Å². The molecule has 71 valence electrons. The van der Waals surface area contributed by atoms with E-state index in [1.807, 2.05) is 12.1 Å². The minimum Gasteiger partial charge on any atom is -0.493 e. The highest BCUT2D eigenvalue weighted by atomic mass is 16.5. The molecule has 0 spiro atoms. The highest BCUT2D eigenvalue weighted by Gasteiger charge is 2.04. The van der Waals surface area contributed by atoms with Gasteiger partial charge in [0.05, 0.1) is 14.2 Å². The molecule has 0 atom stereocenters. The first kappa shape index (κ1) is 8.81. The standard InChI is InChI=1S/C11H10NO2/c1-13-10-5-8-3-4-12-7-9(8)6-11(10)14-2/h4-7H,1-2H3. The summed E-state index contributed by atoms with van der Waals surface area (Å²) in [6.45, 7) is 0. The fourth-order valence-electron chi connectivity index (χ4n) is 1.35. The molecule has 14 heavy (non-hydrogen) atoms. The van der Waals surface area contributed by atoms with Crippen molar-refractivity contribution in [2.75, 3.05) is 14.2 Å².